The number of nitrogens with zero attached hydrogens (tertiary/aromatic N) is 1. The highest BCUT2D eigenvalue weighted by Crippen LogP contribution is 2.12. The molecule has 0 saturated carbocycles. The zero-order valence-corrected chi connectivity index (χ0v) is 10.8. The van der Waals surface area contributed by atoms with Gasteiger partial charge >= 0.3 is 6.03 Å². The first kappa shape index (κ1) is 13.3. The van der Waals surface area contributed by atoms with Crippen LogP contribution in [0.4, 0.5) is 4.79 Å². The van der Waals surface area contributed by atoms with E-state index in [1.54, 1.807) is 0 Å². The Hall–Kier alpha value is -0.730. The van der Waals surface area contributed by atoms with E-state index in [-0.39, 0.29) is 6.03 Å². The maximum Gasteiger partial charge on any atom is 0.317 e. The van der Waals surface area contributed by atoms with Gasteiger partial charge in [0.2, 0.25) is 0 Å². The molecule has 1 N–H and O–H groups in total. The third-order valence-electron chi connectivity index (χ3n) is 3.48. The maximum absolute atomic E-state index is 11.8. The van der Waals surface area contributed by atoms with E-state index in [1.165, 1.54) is 38.5 Å². The van der Waals surface area contributed by atoms with Crippen molar-refractivity contribution in [2.45, 2.75) is 52.4 Å². The highest BCUT2D eigenvalue weighted by atomic mass is 16.2. The average Bonchev–Trinajstić information content (AvgIpc) is 2.82. The summed E-state index contributed by atoms with van der Waals surface area (Å²) in [5, 5.41) is 3.07. The molecule has 1 aliphatic heterocycles. The van der Waals surface area contributed by atoms with Crippen LogP contribution >= 0.6 is 0 Å². The number of urea groups is 1. The molecule has 0 spiro atoms. The number of unbranched alkanes of at least 4 members (excludes halogenated alkanes) is 1. The van der Waals surface area contributed by atoms with Gasteiger partial charge in [-0.1, -0.05) is 33.1 Å². The molecule has 1 fully saturated rings. The number of rotatable bonds is 6. The smallest absolute Gasteiger partial charge is 0.317 e. The average molecular weight is 226 g/mol. The molecule has 16 heavy (non-hydrogen) atoms. The van der Waals surface area contributed by atoms with Crippen LogP contribution in [-0.2, 0) is 0 Å². The Bertz CT molecular complexity index is 200. The minimum Gasteiger partial charge on any atom is -0.338 e. The molecule has 0 aromatic heterocycles. The third-order valence-corrected chi connectivity index (χ3v) is 3.48. The standard InChI is InChI=1S/C13H26N2O/c1-3-5-8-12(4-2)11-14-13(16)15-9-6-7-10-15/h12H,3-11H2,1-2H3,(H,14,16)/t12-/m0/s1. The molecule has 0 aromatic rings. The molecule has 1 saturated heterocycles. The second-order valence-corrected chi connectivity index (χ2v) is 4.80. The van der Waals surface area contributed by atoms with Gasteiger partial charge in [0.25, 0.3) is 0 Å². The summed E-state index contributed by atoms with van der Waals surface area (Å²) in [7, 11) is 0. The van der Waals surface area contributed by atoms with E-state index in [0.717, 1.165) is 19.6 Å². The lowest BCUT2D eigenvalue weighted by molar-refractivity contribution is 0.206. The molecule has 1 heterocycles. The Kier molecular flexibility index (Phi) is 6.27. The van der Waals surface area contributed by atoms with Gasteiger partial charge in [-0.15, -0.1) is 0 Å². The topological polar surface area (TPSA) is 32.3 Å². The highest BCUT2D eigenvalue weighted by molar-refractivity contribution is 5.74. The summed E-state index contributed by atoms with van der Waals surface area (Å²) in [5.74, 6) is 0.659. The molecule has 2 amide bonds. The first-order valence-corrected chi connectivity index (χ1v) is 6.80. The van der Waals surface area contributed by atoms with Crippen molar-refractivity contribution in [3.63, 3.8) is 0 Å². The zero-order chi connectivity index (χ0) is 11.8. The summed E-state index contributed by atoms with van der Waals surface area (Å²) in [6.07, 6.45) is 7.27. The minimum atomic E-state index is 0.146. The molecule has 0 bridgehead atoms. The number of carbonyl (C=O) groups excluding carboxylic acids is 1. The highest BCUT2D eigenvalue weighted by Gasteiger charge is 2.18. The molecule has 3 nitrogen and oxygen atoms in total. The van der Waals surface area contributed by atoms with Gasteiger partial charge in [0.15, 0.2) is 0 Å². The summed E-state index contributed by atoms with van der Waals surface area (Å²) in [5.41, 5.74) is 0. The van der Waals surface area contributed by atoms with Crippen molar-refractivity contribution in [2.75, 3.05) is 19.6 Å². The van der Waals surface area contributed by atoms with Crippen LogP contribution < -0.4 is 5.32 Å². The van der Waals surface area contributed by atoms with Gasteiger partial charge in [0.1, 0.15) is 0 Å². The lowest BCUT2D eigenvalue weighted by atomic mass is 9.99. The zero-order valence-electron chi connectivity index (χ0n) is 10.8. The van der Waals surface area contributed by atoms with Gasteiger partial charge in [-0.05, 0) is 25.2 Å². The molecule has 1 atom stereocenters. The van der Waals surface area contributed by atoms with E-state index in [4.69, 9.17) is 0 Å². The van der Waals surface area contributed by atoms with Gasteiger partial charge in [-0.2, -0.15) is 0 Å². The Balaban J connectivity index is 2.17. The van der Waals surface area contributed by atoms with Crippen molar-refractivity contribution in [2.24, 2.45) is 5.92 Å². The predicted molar refractivity (Wildman–Crippen MR) is 67.5 cm³/mol. The molecular formula is C13H26N2O. The lowest BCUT2D eigenvalue weighted by Crippen LogP contribution is -2.40. The molecule has 0 aliphatic carbocycles. The largest absolute Gasteiger partial charge is 0.338 e. The molecule has 0 radical (unpaired) electrons. The second kappa shape index (κ2) is 7.53. The van der Waals surface area contributed by atoms with E-state index < -0.39 is 0 Å². The second-order valence-electron chi connectivity index (χ2n) is 4.80. The number of hydrogen-bond donors (Lipinski definition) is 1. The fourth-order valence-electron chi connectivity index (χ4n) is 2.21. The Morgan fingerprint density at radius 3 is 2.56 bits per heavy atom. The number of nitrogens with one attached hydrogen (secondary N) is 1. The summed E-state index contributed by atoms with van der Waals surface area (Å²) < 4.78 is 0. The van der Waals surface area contributed by atoms with Gasteiger partial charge < -0.3 is 10.2 Å². The van der Waals surface area contributed by atoms with Crippen molar-refractivity contribution in [3.05, 3.63) is 0 Å². The molecule has 0 aromatic carbocycles. The van der Waals surface area contributed by atoms with Gasteiger partial charge in [0.05, 0.1) is 0 Å². The molecule has 3 heteroatoms. The van der Waals surface area contributed by atoms with E-state index >= 15 is 0 Å². The lowest BCUT2D eigenvalue weighted by Gasteiger charge is -2.20. The van der Waals surface area contributed by atoms with Gasteiger partial charge in [0, 0.05) is 19.6 Å². The monoisotopic (exact) mass is 226 g/mol. The fraction of sp³-hybridized carbons (Fsp3) is 0.923. The van der Waals surface area contributed by atoms with Crippen molar-refractivity contribution >= 4 is 6.03 Å². The molecule has 1 rings (SSSR count). The van der Waals surface area contributed by atoms with E-state index in [1.807, 2.05) is 4.90 Å². The first-order chi connectivity index (χ1) is 7.77. The van der Waals surface area contributed by atoms with Crippen molar-refractivity contribution in [1.82, 2.24) is 10.2 Å². The van der Waals surface area contributed by atoms with Crippen LogP contribution in [0.1, 0.15) is 52.4 Å². The van der Waals surface area contributed by atoms with E-state index in [0.29, 0.717) is 5.92 Å². The predicted octanol–water partition coefficient (Wildman–Crippen LogP) is 3.01. The summed E-state index contributed by atoms with van der Waals surface area (Å²) in [6, 6.07) is 0.146. The summed E-state index contributed by atoms with van der Waals surface area (Å²) in [6.45, 7) is 7.17. The maximum atomic E-state index is 11.8. The van der Waals surface area contributed by atoms with E-state index in [2.05, 4.69) is 19.2 Å². The van der Waals surface area contributed by atoms with E-state index in [9.17, 15) is 4.79 Å². The van der Waals surface area contributed by atoms with Crippen LogP contribution in [0.25, 0.3) is 0 Å². The third kappa shape index (κ3) is 4.42. The van der Waals surface area contributed by atoms with Crippen LogP contribution in [0.15, 0.2) is 0 Å². The van der Waals surface area contributed by atoms with Crippen molar-refractivity contribution < 1.29 is 4.79 Å². The SMILES string of the molecule is CCCC[C@H](CC)CNC(=O)N1CCCC1. The van der Waals surface area contributed by atoms with Crippen molar-refractivity contribution in [1.29, 1.82) is 0 Å². The van der Waals surface area contributed by atoms with Crippen LogP contribution in [0.2, 0.25) is 0 Å². The van der Waals surface area contributed by atoms with Crippen LogP contribution in [-0.4, -0.2) is 30.6 Å². The number of hydrogen-bond acceptors (Lipinski definition) is 1. The fourth-order valence-corrected chi connectivity index (χ4v) is 2.21. The van der Waals surface area contributed by atoms with Gasteiger partial charge in [-0.3, -0.25) is 0 Å². The quantitative estimate of drug-likeness (QED) is 0.742. The molecular weight excluding hydrogens is 200 g/mol. The van der Waals surface area contributed by atoms with Crippen LogP contribution in [0.5, 0.6) is 0 Å². The summed E-state index contributed by atoms with van der Waals surface area (Å²) >= 11 is 0. The van der Waals surface area contributed by atoms with Gasteiger partial charge in [-0.25, -0.2) is 4.79 Å². The Morgan fingerprint density at radius 2 is 2.00 bits per heavy atom. The number of amides is 2. The van der Waals surface area contributed by atoms with Crippen LogP contribution in [0, 0.1) is 5.92 Å². The van der Waals surface area contributed by atoms with Crippen molar-refractivity contribution in [3.8, 4) is 0 Å². The number of likely N-dealkylation sites (tertiary alicyclic amines) is 1. The normalized spacial score (nSPS) is 17.5. The summed E-state index contributed by atoms with van der Waals surface area (Å²) in [4.78, 5) is 13.7. The Labute approximate surface area is 99.6 Å². The molecule has 1 aliphatic rings. The Morgan fingerprint density at radius 1 is 1.31 bits per heavy atom. The number of carbonyl (C=O) groups is 1. The van der Waals surface area contributed by atoms with Crippen LogP contribution in [0.3, 0.4) is 0 Å². The molecule has 0 unspecified atom stereocenters. The first-order valence-electron chi connectivity index (χ1n) is 6.80. The molecule has 94 valence electrons. The minimum absolute atomic E-state index is 0.146.